The van der Waals surface area contributed by atoms with Gasteiger partial charge in [0.2, 0.25) is 0 Å². The van der Waals surface area contributed by atoms with Crippen LogP contribution in [0.5, 0.6) is 0 Å². The second-order valence-corrected chi connectivity index (χ2v) is 12.7. The van der Waals surface area contributed by atoms with E-state index in [0.29, 0.717) is 0 Å². The van der Waals surface area contributed by atoms with E-state index in [0.717, 1.165) is 34.5 Å². The SMILES string of the molecule is CCCCCC12CCC([C@H]3CC[C@H]([C@H]4CC[C@H](CCCCC)CC4)CC3)(CC1)CC2. The molecule has 0 saturated heterocycles. The molecule has 0 spiro atoms. The van der Waals surface area contributed by atoms with E-state index in [9.17, 15) is 0 Å². The summed E-state index contributed by atoms with van der Waals surface area (Å²) in [5, 5.41) is 0. The van der Waals surface area contributed by atoms with Gasteiger partial charge < -0.3 is 0 Å². The minimum atomic E-state index is 0.796. The lowest BCUT2D eigenvalue weighted by molar-refractivity contribution is -0.0680. The molecular formula is C30H54. The van der Waals surface area contributed by atoms with Gasteiger partial charge in [-0.2, -0.15) is 0 Å². The van der Waals surface area contributed by atoms with Gasteiger partial charge in [0.25, 0.3) is 0 Å². The summed E-state index contributed by atoms with van der Waals surface area (Å²) in [5.74, 6) is 4.41. The second-order valence-electron chi connectivity index (χ2n) is 12.7. The molecular weight excluding hydrogens is 360 g/mol. The highest BCUT2D eigenvalue weighted by atomic mass is 14.6. The zero-order valence-corrected chi connectivity index (χ0v) is 20.9. The lowest BCUT2D eigenvalue weighted by Crippen LogP contribution is -2.46. The molecule has 0 aromatic heterocycles. The van der Waals surface area contributed by atoms with Crippen molar-refractivity contribution in [3.63, 3.8) is 0 Å². The second kappa shape index (κ2) is 10.7. The largest absolute Gasteiger partial charge is 0.0654 e. The van der Waals surface area contributed by atoms with Gasteiger partial charge in [0.1, 0.15) is 0 Å². The molecule has 0 atom stereocenters. The maximum Gasteiger partial charge on any atom is -0.0269 e. The fourth-order valence-electron chi connectivity index (χ4n) is 8.86. The van der Waals surface area contributed by atoms with Crippen molar-refractivity contribution in [2.24, 2.45) is 34.5 Å². The number of hydrogen-bond acceptors (Lipinski definition) is 0. The molecule has 0 nitrogen and oxygen atoms in total. The van der Waals surface area contributed by atoms with E-state index in [1.165, 1.54) is 44.9 Å². The Balaban J connectivity index is 1.19. The van der Waals surface area contributed by atoms with Gasteiger partial charge >= 0.3 is 0 Å². The van der Waals surface area contributed by atoms with Crippen LogP contribution < -0.4 is 0 Å². The van der Waals surface area contributed by atoms with Gasteiger partial charge in [0.15, 0.2) is 0 Å². The van der Waals surface area contributed by atoms with E-state index in [2.05, 4.69) is 13.8 Å². The third kappa shape index (κ3) is 5.31. The van der Waals surface area contributed by atoms with Crippen molar-refractivity contribution in [2.45, 2.75) is 155 Å². The Hall–Kier alpha value is 0. The van der Waals surface area contributed by atoms with Crippen molar-refractivity contribution >= 4 is 0 Å². The summed E-state index contributed by atoms with van der Waals surface area (Å²) in [6, 6.07) is 0. The lowest BCUT2D eigenvalue weighted by atomic mass is 9.47. The van der Waals surface area contributed by atoms with Crippen molar-refractivity contribution in [3.05, 3.63) is 0 Å². The molecule has 0 heteroatoms. The van der Waals surface area contributed by atoms with E-state index >= 15 is 0 Å². The summed E-state index contributed by atoms with van der Waals surface area (Å²) in [5.41, 5.74) is 1.60. The highest BCUT2D eigenvalue weighted by Crippen LogP contribution is 2.63. The highest BCUT2D eigenvalue weighted by molar-refractivity contribution is 5.03. The van der Waals surface area contributed by atoms with Gasteiger partial charge in [0.05, 0.1) is 0 Å². The third-order valence-electron chi connectivity index (χ3n) is 11.2. The van der Waals surface area contributed by atoms with E-state index < -0.39 is 0 Å². The van der Waals surface area contributed by atoms with Crippen molar-refractivity contribution < 1.29 is 0 Å². The molecule has 0 heterocycles. The van der Waals surface area contributed by atoms with Crippen molar-refractivity contribution in [2.75, 3.05) is 0 Å². The maximum atomic E-state index is 2.36. The molecule has 0 N–H and O–H groups in total. The van der Waals surface area contributed by atoms with Crippen LogP contribution >= 0.6 is 0 Å². The van der Waals surface area contributed by atoms with E-state index in [1.54, 1.807) is 96.3 Å². The Kier molecular flexibility index (Phi) is 8.30. The van der Waals surface area contributed by atoms with Crippen LogP contribution in [0.3, 0.4) is 0 Å². The molecule has 30 heavy (non-hydrogen) atoms. The predicted octanol–water partition coefficient (Wildman–Crippen LogP) is 10.1. The van der Waals surface area contributed by atoms with Gasteiger partial charge in [-0.05, 0) is 118 Å². The fraction of sp³-hybridized carbons (Fsp3) is 1.00. The van der Waals surface area contributed by atoms with E-state index in [-0.39, 0.29) is 0 Å². The van der Waals surface area contributed by atoms with Crippen molar-refractivity contribution in [1.82, 2.24) is 0 Å². The monoisotopic (exact) mass is 414 g/mol. The van der Waals surface area contributed by atoms with Crippen LogP contribution in [0.4, 0.5) is 0 Å². The van der Waals surface area contributed by atoms with Gasteiger partial charge in [-0.3, -0.25) is 0 Å². The first kappa shape index (κ1) is 23.2. The Morgan fingerprint density at radius 1 is 0.567 bits per heavy atom. The molecule has 0 aromatic carbocycles. The Bertz CT molecular complexity index is 464. The molecule has 0 aliphatic heterocycles. The van der Waals surface area contributed by atoms with Gasteiger partial charge in [-0.15, -0.1) is 0 Å². The van der Waals surface area contributed by atoms with Gasteiger partial charge in [-0.25, -0.2) is 0 Å². The molecule has 5 aliphatic carbocycles. The molecule has 0 aromatic rings. The van der Waals surface area contributed by atoms with Gasteiger partial charge in [-0.1, -0.05) is 71.6 Å². The predicted molar refractivity (Wildman–Crippen MR) is 132 cm³/mol. The minimum Gasteiger partial charge on any atom is -0.0654 e. The summed E-state index contributed by atoms with van der Waals surface area (Å²) in [7, 11) is 0. The number of unbranched alkanes of at least 4 members (excludes halogenated alkanes) is 4. The summed E-state index contributed by atoms with van der Waals surface area (Å²) < 4.78 is 0. The first-order chi connectivity index (χ1) is 14.7. The number of hydrogen-bond donors (Lipinski definition) is 0. The zero-order valence-electron chi connectivity index (χ0n) is 20.9. The molecule has 0 amide bonds. The van der Waals surface area contributed by atoms with Crippen molar-refractivity contribution in [1.29, 1.82) is 0 Å². The normalized spacial score (nSPS) is 41.8. The maximum absolute atomic E-state index is 2.36. The molecule has 174 valence electrons. The molecule has 5 fully saturated rings. The topological polar surface area (TPSA) is 0 Å². The quantitative estimate of drug-likeness (QED) is 0.312. The van der Waals surface area contributed by atoms with Gasteiger partial charge in [0, 0.05) is 0 Å². The Morgan fingerprint density at radius 3 is 1.67 bits per heavy atom. The molecule has 0 radical (unpaired) electrons. The van der Waals surface area contributed by atoms with Crippen LogP contribution in [0.15, 0.2) is 0 Å². The number of rotatable bonds is 10. The average Bonchev–Trinajstić information content (AvgIpc) is 2.81. The van der Waals surface area contributed by atoms with Crippen molar-refractivity contribution in [3.8, 4) is 0 Å². The summed E-state index contributed by atoms with van der Waals surface area (Å²) in [6.07, 6.45) is 34.1. The Morgan fingerprint density at radius 2 is 1.10 bits per heavy atom. The zero-order chi connectivity index (χ0) is 20.9. The fourth-order valence-corrected chi connectivity index (χ4v) is 8.86. The highest BCUT2D eigenvalue weighted by Gasteiger charge is 2.51. The van der Waals surface area contributed by atoms with E-state index in [1.807, 2.05) is 0 Å². The summed E-state index contributed by atoms with van der Waals surface area (Å²) >= 11 is 0. The molecule has 5 aliphatic rings. The van der Waals surface area contributed by atoms with E-state index in [4.69, 9.17) is 0 Å². The van der Waals surface area contributed by atoms with Crippen LogP contribution in [-0.2, 0) is 0 Å². The first-order valence-corrected chi connectivity index (χ1v) is 14.7. The van der Waals surface area contributed by atoms with Crippen LogP contribution in [0.25, 0.3) is 0 Å². The van der Waals surface area contributed by atoms with Crippen LogP contribution in [0.1, 0.15) is 155 Å². The molecule has 2 bridgehead atoms. The molecule has 5 saturated carbocycles. The first-order valence-electron chi connectivity index (χ1n) is 14.7. The van der Waals surface area contributed by atoms with Crippen LogP contribution in [0.2, 0.25) is 0 Å². The lowest BCUT2D eigenvalue weighted by Gasteiger charge is -2.58. The van der Waals surface area contributed by atoms with Crippen LogP contribution in [-0.4, -0.2) is 0 Å². The summed E-state index contributed by atoms with van der Waals surface area (Å²) in [4.78, 5) is 0. The standard InChI is InChI=1S/C30H54/c1-3-5-7-9-25-10-12-26(13-11-25)27-14-16-28(17-15-27)30-22-19-29(20-23-30,21-24-30)18-8-6-4-2/h25-28H,3-24H2,1-2H3/t25-,26-,27-,28-,29?,30?. The number of fused-ring (bicyclic) bond motifs is 3. The molecule has 5 rings (SSSR count). The average molecular weight is 415 g/mol. The third-order valence-corrected chi connectivity index (χ3v) is 11.2. The molecule has 0 unspecified atom stereocenters. The Labute approximate surface area is 189 Å². The smallest absolute Gasteiger partial charge is 0.0269 e. The minimum absolute atomic E-state index is 0.796. The van der Waals surface area contributed by atoms with Crippen LogP contribution in [0, 0.1) is 34.5 Å². The summed E-state index contributed by atoms with van der Waals surface area (Å²) in [6.45, 7) is 4.71.